The molecule has 1 aromatic rings. The van der Waals surface area contributed by atoms with Crippen molar-refractivity contribution in [1.82, 2.24) is 10.6 Å². The number of imide groups is 1. The maximum Gasteiger partial charge on any atom is 0.318 e. The highest BCUT2D eigenvalue weighted by Crippen LogP contribution is 2.29. The van der Waals surface area contributed by atoms with Crippen LogP contribution in [-0.4, -0.2) is 18.5 Å². The third-order valence-electron chi connectivity index (χ3n) is 3.45. The quantitative estimate of drug-likeness (QED) is 0.752. The van der Waals surface area contributed by atoms with Crippen molar-refractivity contribution in [2.75, 3.05) is 6.54 Å². The van der Waals surface area contributed by atoms with Crippen LogP contribution in [0.4, 0.5) is 4.79 Å². The summed E-state index contributed by atoms with van der Waals surface area (Å²) >= 11 is 5.90. The highest BCUT2D eigenvalue weighted by molar-refractivity contribution is 6.30. The molecule has 0 aromatic heterocycles. The SMILES string of the molecule is CCC(CC)(NCC(=O)NC(N)=O)c1ccc(Cl)cc1. The van der Waals surface area contributed by atoms with Gasteiger partial charge in [0.25, 0.3) is 0 Å². The van der Waals surface area contributed by atoms with E-state index in [1.54, 1.807) is 0 Å². The van der Waals surface area contributed by atoms with Crippen LogP contribution >= 0.6 is 11.6 Å². The van der Waals surface area contributed by atoms with Crippen molar-refractivity contribution in [2.45, 2.75) is 32.2 Å². The second-order valence-electron chi connectivity index (χ2n) is 4.56. The third kappa shape index (κ3) is 4.21. The predicted molar refractivity (Wildman–Crippen MR) is 79.4 cm³/mol. The summed E-state index contributed by atoms with van der Waals surface area (Å²) in [7, 11) is 0. The lowest BCUT2D eigenvalue weighted by Gasteiger charge is -2.33. The van der Waals surface area contributed by atoms with Gasteiger partial charge in [0, 0.05) is 10.6 Å². The molecule has 0 fully saturated rings. The van der Waals surface area contributed by atoms with Crippen molar-refractivity contribution in [2.24, 2.45) is 5.73 Å². The van der Waals surface area contributed by atoms with Gasteiger partial charge in [-0.15, -0.1) is 0 Å². The van der Waals surface area contributed by atoms with Crippen LogP contribution in [0.2, 0.25) is 5.02 Å². The van der Waals surface area contributed by atoms with E-state index in [1.165, 1.54) is 0 Å². The molecule has 0 bridgehead atoms. The first kappa shape index (κ1) is 16.5. The Bertz CT molecular complexity index is 470. The Morgan fingerprint density at radius 3 is 2.20 bits per heavy atom. The van der Waals surface area contributed by atoms with Crippen LogP contribution < -0.4 is 16.4 Å². The number of hydrogen-bond acceptors (Lipinski definition) is 3. The van der Waals surface area contributed by atoms with Crippen LogP contribution in [0.25, 0.3) is 0 Å². The lowest BCUT2D eigenvalue weighted by Crippen LogP contribution is -2.48. The Morgan fingerprint density at radius 1 is 1.20 bits per heavy atom. The van der Waals surface area contributed by atoms with Crippen molar-refractivity contribution in [1.29, 1.82) is 0 Å². The molecule has 4 N–H and O–H groups in total. The van der Waals surface area contributed by atoms with Gasteiger partial charge in [-0.05, 0) is 30.5 Å². The number of urea groups is 1. The fourth-order valence-corrected chi connectivity index (χ4v) is 2.34. The van der Waals surface area contributed by atoms with Gasteiger partial charge < -0.3 is 5.73 Å². The summed E-state index contributed by atoms with van der Waals surface area (Å²) in [6, 6.07) is 6.68. The molecule has 0 aliphatic rings. The van der Waals surface area contributed by atoms with E-state index < -0.39 is 11.9 Å². The average Bonchev–Trinajstić information content (AvgIpc) is 2.41. The molecule has 0 heterocycles. The predicted octanol–water partition coefficient (Wildman–Crippen LogP) is 2.14. The summed E-state index contributed by atoms with van der Waals surface area (Å²) < 4.78 is 0. The van der Waals surface area contributed by atoms with E-state index in [-0.39, 0.29) is 12.1 Å². The minimum absolute atomic E-state index is 0.0211. The fourth-order valence-electron chi connectivity index (χ4n) is 2.21. The first-order chi connectivity index (χ1) is 9.43. The van der Waals surface area contributed by atoms with Gasteiger partial charge in [-0.3, -0.25) is 15.4 Å². The molecule has 0 atom stereocenters. The van der Waals surface area contributed by atoms with Crippen molar-refractivity contribution in [3.05, 3.63) is 34.9 Å². The standard InChI is InChI=1S/C14H20ClN3O2/c1-3-14(4-2,10-5-7-11(15)8-6-10)17-9-12(19)18-13(16)20/h5-8,17H,3-4,9H2,1-2H3,(H3,16,18,19,20). The van der Waals surface area contributed by atoms with Crippen molar-refractivity contribution >= 4 is 23.5 Å². The fraction of sp³-hybridized carbons (Fsp3) is 0.429. The first-order valence-corrected chi connectivity index (χ1v) is 6.91. The molecular formula is C14H20ClN3O2. The highest BCUT2D eigenvalue weighted by Gasteiger charge is 2.28. The maximum absolute atomic E-state index is 11.5. The lowest BCUT2D eigenvalue weighted by molar-refractivity contribution is -0.119. The van der Waals surface area contributed by atoms with Gasteiger partial charge in [0.15, 0.2) is 0 Å². The van der Waals surface area contributed by atoms with E-state index in [4.69, 9.17) is 17.3 Å². The molecule has 0 spiro atoms. The van der Waals surface area contributed by atoms with Gasteiger partial charge in [-0.2, -0.15) is 0 Å². The normalized spacial score (nSPS) is 11.2. The van der Waals surface area contributed by atoms with E-state index in [2.05, 4.69) is 5.32 Å². The monoisotopic (exact) mass is 297 g/mol. The zero-order chi connectivity index (χ0) is 15.2. The third-order valence-corrected chi connectivity index (χ3v) is 3.71. The summed E-state index contributed by atoms with van der Waals surface area (Å²) in [5.74, 6) is -0.447. The highest BCUT2D eigenvalue weighted by atomic mass is 35.5. The molecule has 0 saturated heterocycles. The molecule has 0 aliphatic carbocycles. The van der Waals surface area contributed by atoms with E-state index in [0.717, 1.165) is 18.4 Å². The molecule has 0 unspecified atom stereocenters. The number of primary amides is 1. The summed E-state index contributed by atoms with van der Waals surface area (Å²) in [4.78, 5) is 22.2. The molecule has 110 valence electrons. The van der Waals surface area contributed by atoms with Crippen LogP contribution in [0.3, 0.4) is 0 Å². The molecule has 5 nitrogen and oxygen atoms in total. The van der Waals surface area contributed by atoms with Gasteiger partial charge in [-0.25, -0.2) is 4.79 Å². The smallest absolute Gasteiger partial charge is 0.318 e. The van der Waals surface area contributed by atoms with Crippen LogP contribution in [0.15, 0.2) is 24.3 Å². The number of carbonyl (C=O) groups excluding carboxylic acids is 2. The second-order valence-corrected chi connectivity index (χ2v) is 5.00. The topological polar surface area (TPSA) is 84.2 Å². The first-order valence-electron chi connectivity index (χ1n) is 6.54. The summed E-state index contributed by atoms with van der Waals surface area (Å²) in [6.45, 7) is 4.10. The molecule has 6 heteroatoms. The number of carbonyl (C=O) groups is 2. The minimum Gasteiger partial charge on any atom is -0.351 e. The van der Waals surface area contributed by atoms with E-state index in [0.29, 0.717) is 5.02 Å². The van der Waals surface area contributed by atoms with Gasteiger partial charge in [0.05, 0.1) is 6.54 Å². The number of amides is 3. The summed E-state index contributed by atoms with van der Waals surface area (Å²) in [5, 5.41) is 5.92. The molecule has 0 radical (unpaired) electrons. The maximum atomic E-state index is 11.5. The number of halogens is 1. The number of benzene rings is 1. The zero-order valence-corrected chi connectivity index (χ0v) is 12.5. The summed E-state index contributed by atoms with van der Waals surface area (Å²) in [6.07, 6.45) is 1.60. The Morgan fingerprint density at radius 2 is 1.75 bits per heavy atom. The number of rotatable bonds is 6. The van der Waals surface area contributed by atoms with Crippen molar-refractivity contribution < 1.29 is 9.59 Å². The molecule has 1 aromatic carbocycles. The van der Waals surface area contributed by atoms with E-state index >= 15 is 0 Å². The van der Waals surface area contributed by atoms with E-state index in [9.17, 15) is 9.59 Å². The molecular weight excluding hydrogens is 278 g/mol. The lowest BCUT2D eigenvalue weighted by atomic mass is 9.84. The molecule has 20 heavy (non-hydrogen) atoms. The molecule has 0 saturated carbocycles. The molecule has 1 rings (SSSR count). The minimum atomic E-state index is -0.845. The largest absolute Gasteiger partial charge is 0.351 e. The van der Waals surface area contributed by atoms with Gasteiger partial charge in [0.2, 0.25) is 5.91 Å². The van der Waals surface area contributed by atoms with Crippen LogP contribution in [0.5, 0.6) is 0 Å². The van der Waals surface area contributed by atoms with Gasteiger partial charge in [0.1, 0.15) is 0 Å². The number of nitrogens with two attached hydrogens (primary N) is 1. The Balaban J connectivity index is 2.84. The summed E-state index contributed by atoms with van der Waals surface area (Å²) in [5.41, 5.74) is 5.63. The van der Waals surface area contributed by atoms with Crippen LogP contribution in [-0.2, 0) is 10.3 Å². The number of nitrogens with one attached hydrogen (secondary N) is 2. The van der Waals surface area contributed by atoms with Crippen LogP contribution in [0, 0.1) is 0 Å². The Hall–Kier alpha value is -1.59. The average molecular weight is 298 g/mol. The Labute approximate surface area is 123 Å². The van der Waals surface area contributed by atoms with Crippen molar-refractivity contribution in [3.8, 4) is 0 Å². The van der Waals surface area contributed by atoms with Crippen LogP contribution in [0.1, 0.15) is 32.3 Å². The van der Waals surface area contributed by atoms with Crippen molar-refractivity contribution in [3.63, 3.8) is 0 Å². The molecule has 0 aliphatic heterocycles. The van der Waals surface area contributed by atoms with Gasteiger partial charge >= 0.3 is 6.03 Å². The second kappa shape index (κ2) is 7.26. The molecule has 3 amide bonds. The Kier molecular flexibility index (Phi) is 5.98. The van der Waals surface area contributed by atoms with E-state index in [1.807, 2.05) is 43.4 Å². The number of hydrogen-bond donors (Lipinski definition) is 3. The van der Waals surface area contributed by atoms with Gasteiger partial charge in [-0.1, -0.05) is 37.6 Å². The zero-order valence-electron chi connectivity index (χ0n) is 11.7.